The van der Waals surface area contributed by atoms with Crippen molar-refractivity contribution in [3.8, 4) is 0 Å². The van der Waals surface area contributed by atoms with Crippen LogP contribution in [-0.2, 0) is 11.2 Å². The average Bonchev–Trinajstić information content (AvgIpc) is 3.19. The largest absolute Gasteiger partial charge is 0.355 e. The van der Waals surface area contributed by atoms with Crippen molar-refractivity contribution in [1.29, 1.82) is 0 Å². The van der Waals surface area contributed by atoms with Gasteiger partial charge in [-0.2, -0.15) is 0 Å². The lowest BCUT2D eigenvalue weighted by atomic mass is 10.1. The average molecular weight is 431 g/mol. The Balaban J connectivity index is 1.35. The molecule has 1 N–H and O–H groups in total. The fourth-order valence-corrected chi connectivity index (χ4v) is 4.43. The highest BCUT2D eigenvalue weighted by atomic mass is 32.2. The first-order valence-corrected chi connectivity index (χ1v) is 11.0. The molecule has 3 aromatic carbocycles. The molecule has 0 atom stereocenters. The van der Waals surface area contributed by atoms with Crippen LogP contribution in [0.1, 0.15) is 5.56 Å². The highest BCUT2D eigenvalue weighted by Crippen LogP contribution is 2.28. The van der Waals surface area contributed by atoms with E-state index in [-0.39, 0.29) is 17.5 Å². The van der Waals surface area contributed by atoms with E-state index in [1.165, 1.54) is 23.9 Å². The van der Waals surface area contributed by atoms with Gasteiger partial charge in [-0.05, 0) is 48.4 Å². The zero-order valence-corrected chi connectivity index (χ0v) is 17.4. The van der Waals surface area contributed by atoms with Crippen molar-refractivity contribution in [3.05, 3.63) is 84.2 Å². The number of carbonyl (C=O) groups is 1. The van der Waals surface area contributed by atoms with E-state index in [2.05, 4.69) is 5.32 Å². The third kappa shape index (κ3) is 3.96. The van der Waals surface area contributed by atoms with Crippen molar-refractivity contribution in [2.75, 3.05) is 12.3 Å². The summed E-state index contributed by atoms with van der Waals surface area (Å²) in [4.78, 5) is 22.0. The molecule has 0 aliphatic carbocycles. The van der Waals surface area contributed by atoms with E-state index in [0.717, 1.165) is 38.3 Å². The third-order valence-corrected chi connectivity index (χ3v) is 6.03. The summed E-state index contributed by atoms with van der Waals surface area (Å²) in [5, 5.41) is 4.64. The third-order valence-electron chi connectivity index (χ3n) is 5.09. The highest BCUT2D eigenvalue weighted by Gasteiger charge is 2.15. The monoisotopic (exact) mass is 430 g/mol. The lowest BCUT2D eigenvalue weighted by molar-refractivity contribution is -0.118. The van der Waals surface area contributed by atoms with Crippen LogP contribution in [0.3, 0.4) is 0 Å². The molecule has 2 aromatic heterocycles. The second-order valence-electron chi connectivity index (χ2n) is 7.19. The number of benzene rings is 3. The number of amides is 1. The first kappa shape index (κ1) is 19.5. The molecule has 0 fully saturated rings. The number of imidazole rings is 1. The first-order chi connectivity index (χ1) is 15.2. The van der Waals surface area contributed by atoms with Gasteiger partial charge in [0.1, 0.15) is 11.5 Å². The number of hydrogen-bond acceptors (Lipinski definition) is 4. The number of hydrogen-bond donors (Lipinski definition) is 1. The molecule has 2 heterocycles. The van der Waals surface area contributed by atoms with Gasteiger partial charge in [0.15, 0.2) is 5.16 Å². The Bertz CT molecular complexity index is 1400. The molecular weight excluding hydrogens is 411 g/mol. The van der Waals surface area contributed by atoms with Gasteiger partial charge < -0.3 is 5.32 Å². The zero-order valence-electron chi connectivity index (χ0n) is 16.6. The molecule has 5 nitrogen and oxygen atoms in total. The fourth-order valence-electron chi connectivity index (χ4n) is 3.59. The summed E-state index contributed by atoms with van der Waals surface area (Å²) < 4.78 is 15.0. The van der Waals surface area contributed by atoms with Crippen molar-refractivity contribution in [2.24, 2.45) is 0 Å². The van der Waals surface area contributed by atoms with Gasteiger partial charge in [-0.1, -0.05) is 48.2 Å². The van der Waals surface area contributed by atoms with E-state index in [1.54, 1.807) is 12.1 Å². The van der Waals surface area contributed by atoms with Crippen molar-refractivity contribution in [3.63, 3.8) is 0 Å². The molecule has 0 bridgehead atoms. The number of aromatic nitrogens is 3. The van der Waals surface area contributed by atoms with Crippen LogP contribution in [0.15, 0.2) is 78.0 Å². The van der Waals surface area contributed by atoms with E-state index in [1.807, 2.05) is 52.9 Å². The molecule has 0 saturated heterocycles. The molecule has 0 aliphatic heterocycles. The predicted octanol–water partition coefficient (Wildman–Crippen LogP) is 4.63. The summed E-state index contributed by atoms with van der Waals surface area (Å²) in [6.45, 7) is 0.500. The summed E-state index contributed by atoms with van der Waals surface area (Å²) in [6, 6.07) is 22.2. The quantitative estimate of drug-likeness (QED) is 0.315. The van der Waals surface area contributed by atoms with Crippen LogP contribution in [0.25, 0.3) is 27.6 Å². The van der Waals surface area contributed by atoms with Crippen LogP contribution in [-0.4, -0.2) is 32.6 Å². The molecule has 31 heavy (non-hydrogen) atoms. The van der Waals surface area contributed by atoms with E-state index in [9.17, 15) is 9.18 Å². The Morgan fingerprint density at radius 2 is 1.68 bits per heavy atom. The Morgan fingerprint density at radius 3 is 2.52 bits per heavy atom. The maximum Gasteiger partial charge on any atom is 0.230 e. The van der Waals surface area contributed by atoms with Gasteiger partial charge in [0, 0.05) is 11.9 Å². The zero-order chi connectivity index (χ0) is 21.2. The molecular formula is C24H19FN4OS. The minimum Gasteiger partial charge on any atom is -0.355 e. The van der Waals surface area contributed by atoms with Gasteiger partial charge in [0.05, 0.1) is 22.3 Å². The molecule has 5 rings (SSSR count). The van der Waals surface area contributed by atoms with Gasteiger partial charge >= 0.3 is 0 Å². The van der Waals surface area contributed by atoms with Crippen LogP contribution in [0, 0.1) is 5.82 Å². The SMILES string of the molecule is O=C(CSc1nc2ccccc2c2nc3ccccc3n12)NCCc1ccc(F)cc1. The smallest absolute Gasteiger partial charge is 0.230 e. The summed E-state index contributed by atoms with van der Waals surface area (Å²) in [5.41, 5.74) is 4.54. The van der Waals surface area contributed by atoms with E-state index in [4.69, 9.17) is 9.97 Å². The van der Waals surface area contributed by atoms with Gasteiger partial charge in [0.2, 0.25) is 5.91 Å². The minimum atomic E-state index is -0.259. The molecule has 5 aromatic rings. The number of nitrogens with zero attached hydrogens (tertiary/aromatic N) is 3. The molecule has 154 valence electrons. The van der Waals surface area contributed by atoms with Crippen molar-refractivity contribution in [2.45, 2.75) is 11.6 Å². The Morgan fingerprint density at radius 1 is 0.935 bits per heavy atom. The fraction of sp³-hybridized carbons (Fsp3) is 0.125. The lowest BCUT2D eigenvalue weighted by Gasteiger charge is -2.09. The van der Waals surface area contributed by atoms with Crippen LogP contribution >= 0.6 is 11.8 Å². The number of carbonyl (C=O) groups excluding carboxylic acids is 1. The van der Waals surface area contributed by atoms with E-state index >= 15 is 0 Å². The number of fused-ring (bicyclic) bond motifs is 5. The van der Waals surface area contributed by atoms with E-state index in [0.29, 0.717) is 13.0 Å². The van der Waals surface area contributed by atoms with Crippen molar-refractivity contribution >= 4 is 45.3 Å². The molecule has 0 aliphatic rings. The van der Waals surface area contributed by atoms with E-state index < -0.39 is 0 Å². The van der Waals surface area contributed by atoms with Gasteiger partial charge in [-0.25, -0.2) is 14.4 Å². The van der Waals surface area contributed by atoms with Crippen molar-refractivity contribution in [1.82, 2.24) is 19.7 Å². The number of nitrogens with one attached hydrogen (secondary N) is 1. The number of halogens is 1. The molecule has 0 unspecified atom stereocenters. The molecule has 1 amide bonds. The standard InChI is InChI=1S/C24H19FN4OS/c25-17-11-9-16(10-12-17)13-14-26-22(30)15-31-24-28-19-6-2-1-5-18(19)23-27-20-7-3-4-8-21(20)29(23)24/h1-12H,13-15H2,(H,26,30). The summed E-state index contributed by atoms with van der Waals surface area (Å²) in [5.74, 6) is -0.0823. The second-order valence-corrected chi connectivity index (χ2v) is 8.13. The maximum absolute atomic E-state index is 13.0. The Kier molecular flexibility index (Phi) is 5.26. The minimum absolute atomic E-state index is 0.0698. The first-order valence-electron chi connectivity index (χ1n) is 9.99. The normalized spacial score (nSPS) is 11.4. The summed E-state index contributed by atoms with van der Waals surface area (Å²) in [7, 11) is 0. The van der Waals surface area contributed by atoms with Crippen LogP contribution in [0.5, 0.6) is 0 Å². The van der Waals surface area contributed by atoms with Crippen LogP contribution < -0.4 is 5.32 Å². The topological polar surface area (TPSA) is 59.3 Å². The number of thioether (sulfide) groups is 1. The lowest BCUT2D eigenvalue weighted by Crippen LogP contribution is -2.27. The van der Waals surface area contributed by atoms with Gasteiger partial charge in [-0.3, -0.25) is 9.20 Å². The van der Waals surface area contributed by atoms with Crippen LogP contribution in [0.4, 0.5) is 4.39 Å². The van der Waals surface area contributed by atoms with Crippen molar-refractivity contribution < 1.29 is 9.18 Å². The Hall–Kier alpha value is -3.45. The molecule has 0 radical (unpaired) electrons. The molecule has 7 heteroatoms. The maximum atomic E-state index is 13.0. The van der Waals surface area contributed by atoms with Gasteiger partial charge in [0.25, 0.3) is 0 Å². The number of para-hydroxylation sites is 3. The summed E-state index contributed by atoms with van der Waals surface area (Å²) >= 11 is 1.39. The highest BCUT2D eigenvalue weighted by molar-refractivity contribution is 7.99. The number of rotatable bonds is 6. The summed E-state index contributed by atoms with van der Waals surface area (Å²) in [6.07, 6.45) is 0.654. The van der Waals surface area contributed by atoms with Gasteiger partial charge in [-0.15, -0.1) is 0 Å². The molecule has 0 spiro atoms. The molecule has 0 saturated carbocycles. The second kappa shape index (κ2) is 8.35. The predicted molar refractivity (Wildman–Crippen MR) is 122 cm³/mol. The van der Waals surface area contributed by atoms with Crippen LogP contribution in [0.2, 0.25) is 0 Å². The Labute approximate surface area is 182 Å².